The Labute approximate surface area is 134 Å². The fraction of sp³-hybridized carbons (Fsp3) is 0.316. The maximum atomic E-state index is 14.3. The van der Waals surface area contributed by atoms with Crippen LogP contribution in [-0.4, -0.2) is 18.2 Å². The van der Waals surface area contributed by atoms with E-state index in [1.165, 1.54) is 18.7 Å². The Balaban J connectivity index is 2.01. The third-order valence-corrected chi connectivity index (χ3v) is 4.49. The number of benzene rings is 2. The minimum absolute atomic E-state index is 0.0116. The second-order valence-electron chi connectivity index (χ2n) is 5.95. The van der Waals surface area contributed by atoms with Gasteiger partial charge in [-0.3, -0.25) is 4.79 Å². The van der Waals surface area contributed by atoms with E-state index < -0.39 is 5.97 Å². The number of rotatable bonds is 4. The quantitative estimate of drug-likeness (QED) is 0.910. The molecule has 1 aliphatic carbocycles. The van der Waals surface area contributed by atoms with Crippen molar-refractivity contribution in [2.75, 3.05) is 7.11 Å². The molecule has 0 bridgehead atoms. The van der Waals surface area contributed by atoms with Gasteiger partial charge in [0.15, 0.2) is 0 Å². The highest BCUT2D eigenvalue weighted by Crippen LogP contribution is 2.37. The van der Waals surface area contributed by atoms with Crippen LogP contribution in [0, 0.1) is 5.82 Å². The van der Waals surface area contributed by atoms with Crippen molar-refractivity contribution in [2.45, 2.75) is 31.6 Å². The van der Waals surface area contributed by atoms with Gasteiger partial charge in [-0.05, 0) is 54.0 Å². The van der Waals surface area contributed by atoms with E-state index >= 15 is 0 Å². The maximum Gasteiger partial charge on any atom is 0.303 e. The zero-order valence-electron chi connectivity index (χ0n) is 13.0. The van der Waals surface area contributed by atoms with E-state index in [1.54, 1.807) is 12.1 Å². The molecule has 0 aromatic heterocycles. The first-order valence-electron chi connectivity index (χ1n) is 7.77. The number of hydrogen-bond acceptors (Lipinski definition) is 2. The molecule has 2 aromatic rings. The van der Waals surface area contributed by atoms with Crippen molar-refractivity contribution < 1.29 is 19.0 Å². The average molecular weight is 314 g/mol. The van der Waals surface area contributed by atoms with Gasteiger partial charge >= 0.3 is 5.97 Å². The normalized spacial score (nSPS) is 16.7. The number of carbonyl (C=O) groups is 1. The number of carboxylic acid groups (broad SMARTS) is 1. The first-order chi connectivity index (χ1) is 11.1. The summed E-state index contributed by atoms with van der Waals surface area (Å²) in [6, 6.07) is 10.7. The van der Waals surface area contributed by atoms with Crippen LogP contribution in [0.1, 0.15) is 36.3 Å². The number of carboxylic acids is 1. The van der Waals surface area contributed by atoms with Crippen molar-refractivity contribution in [3.63, 3.8) is 0 Å². The molecular formula is C19H19FO3. The van der Waals surface area contributed by atoms with E-state index in [-0.39, 0.29) is 18.2 Å². The summed E-state index contributed by atoms with van der Waals surface area (Å²) < 4.78 is 19.3. The standard InChI is InChI=1S/C19H19FO3/c1-23-15-7-8-16(18(20)11-15)14-6-5-12-3-2-4-13(10-19(21)22)17(12)9-14/h5-9,11,13H,2-4,10H2,1H3,(H,21,22). The molecule has 4 heteroatoms. The topological polar surface area (TPSA) is 46.5 Å². The molecule has 1 N–H and O–H groups in total. The second-order valence-corrected chi connectivity index (χ2v) is 5.95. The fourth-order valence-electron chi connectivity index (χ4n) is 3.34. The molecule has 1 unspecified atom stereocenters. The van der Waals surface area contributed by atoms with Gasteiger partial charge in [0, 0.05) is 11.6 Å². The van der Waals surface area contributed by atoms with Gasteiger partial charge in [-0.25, -0.2) is 4.39 Å². The zero-order valence-corrected chi connectivity index (χ0v) is 13.0. The molecule has 0 radical (unpaired) electrons. The first kappa shape index (κ1) is 15.5. The van der Waals surface area contributed by atoms with Gasteiger partial charge in [-0.15, -0.1) is 0 Å². The second kappa shape index (κ2) is 6.41. The lowest BCUT2D eigenvalue weighted by Gasteiger charge is -2.25. The number of fused-ring (bicyclic) bond motifs is 1. The molecule has 0 saturated heterocycles. The molecule has 120 valence electrons. The van der Waals surface area contributed by atoms with Crippen molar-refractivity contribution in [1.82, 2.24) is 0 Å². The summed E-state index contributed by atoms with van der Waals surface area (Å²) in [5.41, 5.74) is 3.51. The van der Waals surface area contributed by atoms with Crippen LogP contribution in [0.5, 0.6) is 5.75 Å². The van der Waals surface area contributed by atoms with Crippen molar-refractivity contribution in [1.29, 1.82) is 0 Å². The molecule has 1 atom stereocenters. The van der Waals surface area contributed by atoms with Crippen LogP contribution in [0.2, 0.25) is 0 Å². The summed E-state index contributed by atoms with van der Waals surface area (Å²) >= 11 is 0. The van der Waals surface area contributed by atoms with E-state index in [1.807, 2.05) is 18.2 Å². The third-order valence-electron chi connectivity index (χ3n) is 4.49. The van der Waals surface area contributed by atoms with Crippen LogP contribution in [0.4, 0.5) is 4.39 Å². The van der Waals surface area contributed by atoms with Crippen LogP contribution < -0.4 is 4.74 Å². The smallest absolute Gasteiger partial charge is 0.303 e. The first-order valence-corrected chi connectivity index (χ1v) is 7.77. The van der Waals surface area contributed by atoms with Crippen LogP contribution in [-0.2, 0) is 11.2 Å². The Hall–Kier alpha value is -2.36. The Bertz CT molecular complexity index is 739. The van der Waals surface area contributed by atoms with Crippen molar-refractivity contribution in [2.24, 2.45) is 0 Å². The number of aryl methyl sites for hydroxylation is 1. The number of halogens is 1. The van der Waals surface area contributed by atoms with Gasteiger partial charge in [0.1, 0.15) is 11.6 Å². The zero-order chi connectivity index (χ0) is 16.4. The Kier molecular flexibility index (Phi) is 4.33. The number of methoxy groups -OCH3 is 1. The molecule has 3 rings (SSSR count). The lowest BCUT2D eigenvalue weighted by molar-refractivity contribution is -0.137. The number of hydrogen-bond donors (Lipinski definition) is 1. The van der Waals surface area contributed by atoms with Gasteiger partial charge in [0.2, 0.25) is 0 Å². The largest absolute Gasteiger partial charge is 0.497 e. The summed E-state index contributed by atoms with van der Waals surface area (Å²) in [6.07, 6.45) is 2.95. The predicted octanol–water partition coefficient (Wildman–Crippen LogP) is 4.40. The SMILES string of the molecule is COc1ccc(-c2ccc3c(c2)C(CC(=O)O)CCC3)c(F)c1. The summed E-state index contributed by atoms with van der Waals surface area (Å²) in [5, 5.41) is 9.11. The van der Waals surface area contributed by atoms with Gasteiger partial charge in [-0.1, -0.05) is 18.2 Å². The molecule has 2 aromatic carbocycles. The minimum atomic E-state index is -0.788. The van der Waals surface area contributed by atoms with Gasteiger partial charge in [0.05, 0.1) is 13.5 Å². The molecular weight excluding hydrogens is 295 g/mol. The van der Waals surface area contributed by atoms with Crippen LogP contribution in [0.15, 0.2) is 36.4 Å². The molecule has 3 nitrogen and oxygen atoms in total. The Morgan fingerprint density at radius 1 is 1.30 bits per heavy atom. The highest BCUT2D eigenvalue weighted by Gasteiger charge is 2.23. The lowest BCUT2D eigenvalue weighted by atomic mass is 9.80. The molecule has 0 spiro atoms. The molecule has 1 aliphatic rings. The lowest BCUT2D eigenvalue weighted by Crippen LogP contribution is -2.13. The third kappa shape index (κ3) is 3.21. The van der Waals surface area contributed by atoms with Crippen LogP contribution in [0.25, 0.3) is 11.1 Å². The average Bonchev–Trinajstić information content (AvgIpc) is 2.54. The molecule has 23 heavy (non-hydrogen) atoms. The highest BCUT2D eigenvalue weighted by atomic mass is 19.1. The Morgan fingerprint density at radius 3 is 2.83 bits per heavy atom. The number of ether oxygens (including phenoxy) is 1. The van der Waals surface area contributed by atoms with Gasteiger partial charge in [0.25, 0.3) is 0 Å². The van der Waals surface area contributed by atoms with Gasteiger partial charge in [-0.2, -0.15) is 0 Å². The Morgan fingerprint density at radius 2 is 2.13 bits per heavy atom. The minimum Gasteiger partial charge on any atom is -0.497 e. The molecule has 0 heterocycles. The predicted molar refractivity (Wildman–Crippen MR) is 86.3 cm³/mol. The van der Waals surface area contributed by atoms with Gasteiger partial charge < -0.3 is 9.84 Å². The van der Waals surface area contributed by atoms with Crippen LogP contribution in [0.3, 0.4) is 0 Å². The number of aliphatic carboxylic acids is 1. The fourth-order valence-corrected chi connectivity index (χ4v) is 3.34. The molecule has 0 fully saturated rings. The van der Waals surface area contributed by atoms with Crippen molar-refractivity contribution in [3.05, 3.63) is 53.3 Å². The maximum absolute atomic E-state index is 14.3. The van der Waals surface area contributed by atoms with E-state index in [4.69, 9.17) is 9.84 Å². The molecule has 0 aliphatic heterocycles. The van der Waals surface area contributed by atoms with E-state index in [2.05, 4.69) is 0 Å². The van der Waals surface area contributed by atoms with E-state index in [0.717, 1.165) is 30.4 Å². The van der Waals surface area contributed by atoms with E-state index in [9.17, 15) is 9.18 Å². The summed E-state index contributed by atoms with van der Waals surface area (Å²) in [5.74, 6) is -0.635. The summed E-state index contributed by atoms with van der Waals surface area (Å²) in [4.78, 5) is 11.1. The van der Waals surface area contributed by atoms with Crippen molar-refractivity contribution in [3.8, 4) is 16.9 Å². The summed E-state index contributed by atoms with van der Waals surface area (Å²) in [7, 11) is 1.50. The highest BCUT2D eigenvalue weighted by molar-refractivity contribution is 5.70. The van der Waals surface area contributed by atoms with Crippen LogP contribution >= 0.6 is 0 Å². The molecule has 0 amide bonds. The molecule has 0 saturated carbocycles. The summed E-state index contributed by atoms with van der Waals surface area (Å²) in [6.45, 7) is 0. The van der Waals surface area contributed by atoms with Crippen molar-refractivity contribution >= 4 is 5.97 Å². The van der Waals surface area contributed by atoms with E-state index in [0.29, 0.717) is 11.3 Å². The monoisotopic (exact) mass is 314 g/mol.